The number of carbonyl (C=O) groups is 1. The van der Waals surface area contributed by atoms with E-state index in [0.29, 0.717) is 12.0 Å². The van der Waals surface area contributed by atoms with E-state index in [1.165, 1.54) is 12.1 Å². The van der Waals surface area contributed by atoms with Crippen molar-refractivity contribution in [3.05, 3.63) is 35.4 Å². The molecule has 0 saturated heterocycles. The van der Waals surface area contributed by atoms with Crippen molar-refractivity contribution in [3.8, 4) is 0 Å². The van der Waals surface area contributed by atoms with E-state index >= 15 is 0 Å². The van der Waals surface area contributed by atoms with E-state index in [2.05, 4.69) is 0 Å². The molecule has 0 aliphatic carbocycles. The third-order valence-corrected chi connectivity index (χ3v) is 2.59. The highest BCUT2D eigenvalue weighted by Crippen LogP contribution is 2.30. The second kappa shape index (κ2) is 4.39. The van der Waals surface area contributed by atoms with Crippen molar-refractivity contribution in [2.75, 3.05) is 0 Å². The first kappa shape index (κ1) is 13.5. The highest BCUT2D eigenvalue weighted by Gasteiger charge is 2.30. The fraction of sp³-hybridized carbons (Fsp3) is 0.417. The van der Waals surface area contributed by atoms with E-state index in [0.717, 1.165) is 12.1 Å². The predicted octanol–water partition coefficient (Wildman–Crippen LogP) is 2.76. The number of hydrogen-bond acceptors (Lipinski definition) is 1. The van der Waals surface area contributed by atoms with Gasteiger partial charge in [0.25, 0.3) is 0 Å². The Morgan fingerprint density at radius 3 is 2.00 bits per heavy atom. The summed E-state index contributed by atoms with van der Waals surface area (Å²) in [5.74, 6) is -0.475. The average Bonchev–Trinajstić information content (AvgIpc) is 2.16. The lowest BCUT2D eigenvalue weighted by molar-refractivity contribution is -0.137. The van der Waals surface area contributed by atoms with Gasteiger partial charge in [0, 0.05) is 5.41 Å². The number of rotatable bonds is 3. The Kier molecular flexibility index (Phi) is 3.50. The Bertz CT molecular complexity index is 407. The fourth-order valence-electron chi connectivity index (χ4n) is 1.41. The van der Waals surface area contributed by atoms with Crippen LogP contribution in [0.5, 0.6) is 0 Å². The number of primary amides is 1. The maximum absolute atomic E-state index is 12.3. The molecule has 94 valence electrons. The van der Waals surface area contributed by atoms with Gasteiger partial charge in [-0.1, -0.05) is 26.0 Å². The number of amides is 1. The summed E-state index contributed by atoms with van der Waals surface area (Å²) < 4.78 is 36.9. The van der Waals surface area contributed by atoms with Crippen LogP contribution in [-0.4, -0.2) is 5.91 Å². The van der Waals surface area contributed by atoms with Gasteiger partial charge in [-0.25, -0.2) is 0 Å². The molecule has 0 radical (unpaired) electrons. The topological polar surface area (TPSA) is 43.1 Å². The minimum absolute atomic E-state index is 0.320. The monoisotopic (exact) mass is 245 g/mol. The number of nitrogens with two attached hydrogens (primary N) is 1. The number of halogens is 3. The van der Waals surface area contributed by atoms with E-state index in [1.807, 2.05) is 0 Å². The molecule has 1 amide bonds. The molecule has 0 aromatic heterocycles. The summed E-state index contributed by atoms with van der Waals surface area (Å²) in [6.07, 6.45) is -4.02. The Labute approximate surface area is 97.6 Å². The van der Waals surface area contributed by atoms with Gasteiger partial charge in [-0.05, 0) is 24.1 Å². The molecular weight excluding hydrogens is 231 g/mol. The van der Waals surface area contributed by atoms with E-state index in [9.17, 15) is 18.0 Å². The largest absolute Gasteiger partial charge is 0.416 e. The third kappa shape index (κ3) is 3.47. The highest BCUT2D eigenvalue weighted by atomic mass is 19.4. The lowest BCUT2D eigenvalue weighted by Crippen LogP contribution is -2.33. The molecule has 0 atom stereocenters. The molecule has 0 aliphatic heterocycles. The Morgan fingerprint density at radius 1 is 1.18 bits per heavy atom. The van der Waals surface area contributed by atoms with Crippen molar-refractivity contribution >= 4 is 5.91 Å². The predicted molar refractivity (Wildman–Crippen MR) is 58.1 cm³/mol. The van der Waals surface area contributed by atoms with Gasteiger partial charge in [0.2, 0.25) is 5.91 Å². The summed E-state index contributed by atoms with van der Waals surface area (Å²) in [4.78, 5) is 11.1. The minimum Gasteiger partial charge on any atom is -0.369 e. The molecule has 0 heterocycles. The molecule has 0 fully saturated rings. The van der Waals surface area contributed by atoms with Crippen molar-refractivity contribution < 1.29 is 18.0 Å². The smallest absolute Gasteiger partial charge is 0.369 e. The van der Waals surface area contributed by atoms with Gasteiger partial charge >= 0.3 is 6.18 Å². The number of benzene rings is 1. The zero-order valence-corrected chi connectivity index (χ0v) is 9.64. The van der Waals surface area contributed by atoms with Crippen LogP contribution >= 0.6 is 0 Å². The van der Waals surface area contributed by atoms with Crippen LogP contribution in [0.25, 0.3) is 0 Å². The van der Waals surface area contributed by atoms with E-state index in [4.69, 9.17) is 5.73 Å². The highest BCUT2D eigenvalue weighted by molar-refractivity contribution is 5.80. The normalized spacial score (nSPS) is 12.5. The Balaban J connectivity index is 2.86. The molecule has 0 bridgehead atoms. The molecular formula is C12H14F3NO. The van der Waals surface area contributed by atoms with Crippen LogP contribution in [0.15, 0.2) is 24.3 Å². The lowest BCUT2D eigenvalue weighted by Gasteiger charge is -2.20. The summed E-state index contributed by atoms with van der Waals surface area (Å²) in [5.41, 5.74) is 4.39. The number of carbonyl (C=O) groups excluding carboxylic acids is 1. The molecule has 1 rings (SSSR count). The molecule has 17 heavy (non-hydrogen) atoms. The molecule has 0 saturated carbocycles. The molecule has 0 spiro atoms. The lowest BCUT2D eigenvalue weighted by atomic mass is 9.85. The standard InChI is InChI=1S/C12H14F3NO/c1-11(2,10(16)17)7-8-3-5-9(6-4-8)12(13,14)15/h3-6H,7H2,1-2H3,(H2,16,17). The second-order valence-electron chi connectivity index (χ2n) is 4.62. The van der Waals surface area contributed by atoms with Gasteiger partial charge in [0.15, 0.2) is 0 Å². The zero-order chi connectivity index (χ0) is 13.3. The Morgan fingerprint density at radius 2 is 1.65 bits per heavy atom. The van der Waals surface area contributed by atoms with Crippen LogP contribution in [-0.2, 0) is 17.4 Å². The number of alkyl halides is 3. The SMILES string of the molecule is CC(C)(Cc1ccc(C(F)(F)F)cc1)C(N)=O. The molecule has 1 aromatic rings. The minimum atomic E-state index is -4.34. The summed E-state index contributed by atoms with van der Waals surface area (Å²) in [5, 5.41) is 0. The van der Waals surface area contributed by atoms with Crippen molar-refractivity contribution in [3.63, 3.8) is 0 Å². The van der Waals surface area contributed by atoms with Crippen LogP contribution < -0.4 is 5.73 Å². The van der Waals surface area contributed by atoms with Gasteiger partial charge in [-0.3, -0.25) is 4.79 Å². The summed E-state index contributed by atoms with van der Waals surface area (Å²) in [6.45, 7) is 3.32. The molecule has 0 unspecified atom stereocenters. The van der Waals surface area contributed by atoms with E-state index in [1.54, 1.807) is 13.8 Å². The quantitative estimate of drug-likeness (QED) is 0.874. The first-order valence-corrected chi connectivity index (χ1v) is 5.09. The van der Waals surface area contributed by atoms with Gasteiger partial charge in [0.05, 0.1) is 5.56 Å². The van der Waals surface area contributed by atoms with Gasteiger partial charge in [-0.2, -0.15) is 13.2 Å². The summed E-state index contributed by atoms with van der Waals surface area (Å²) in [6, 6.07) is 4.75. The van der Waals surface area contributed by atoms with Gasteiger partial charge < -0.3 is 5.73 Å². The summed E-state index contributed by atoms with van der Waals surface area (Å²) in [7, 11) is 0. The van der Waals surface area contributed by atoms with Crippen LogP contribution in [0.1, 0.15) is 25.0 Å². The first-order chi connectivity index (χ1) is 7.63. The first-order valence-electron chi connectivity index (χ1n) is 5.09. The van der Waals surface area contributed by atoms with Crippen molar-refractivity contribution in [1.82, 2.24) is 0 Å². The maximum atomic E-state index is 12.3. The second-order valence-corrected chi connectivity index (χ2v) is 4.62. The molecule has 0 aliphatic rings. The van der Waals surface area contributed by atoms with E-state index < -0.39 is 23.1 Å². The van der Waals surface area contributed by atoms with Crippen LogP contribution in [0.3, 0.4) is 0 Å². The third-order valence-electron chi connectivity index (χ3n) is 2.59. The van der Waals surface area contributed by atoms with Crippen molar-refractivity contribution in [2.45, 2.75) is 26.4 Å². The maximum Gasteiger partial charge on any atom is 0.416 e. The Hall–Kier alpha value is -1.52. The van der Waals surface area contributed by atoms with Gasteiger partial charge in [0.1, 0.15) is 0 Å². The van der Waals surface area contributed by atoms with Crippen molar-refractivity contribution in [1.29, 1.82) is 0 Å². The van der Waals surface area contributed by atoms with Crippen LogP contribution in [0.4, 0.5) is 13.2 Å². The summed E-state index contributed by atoms with van der Waals surface area (Å²) >= 11 is 0. The molecule has 5 heteroatoms. The van der Waals surface area contributed by atoms with Crippen molar-refractivity contribution in [2.24, 2.45) is 11.1 Å². The molecule has 1 aromatic carbocycles. The van der Waals surface area contributed by atoms with Crippen LogP contribution in [0, 0.1) is 5.41 Å². The molecule has 2 N–H and O–H groups in total. The molecule has 2 nitrogen and oxygen atoms in total. The average molecular weight is 245 g/mol. The van der Waals surface area contributed by atoms with Gasteiger partial charge in [-0.15, -0.1) is 0 Å². The van der Waals surface area contributed by atoms with Crippen LogP contribution in [0.2, 0.25) is 0 Å². The fourth-order valence-corrected chi connectivity index (χ4v) is 1.41. The van der Waals surface area contributed by atoms with E-state index in [-0.39, 0.29) is 0 Å². The zero-order valence-electron chi connectivity index (χ0n) is 9.64. The number of hydrogen-bond donors (Lipinski definition) is 1.